The van der Waals surface area contributed by atoms with Crippen molar-refractivity contribution in [3.8, 4) is 22.1 Å². The van der Waals surface area contributed by atoms with E-state index in [0.29, 0.717) is 11.5 Å². The van der Waals surface area contributed by atoms with Gasteiger partial charge in [0.1, 0.15) is 5.01 Å². The number of ether oxygens (including phenoxy) is 2. The molecule has 1 aromatic carbocycles. The Balaban J connectivity index is 1.76. The highest BCUT2D eigenvalue weighted by molar-refractivity contribution is 8.00. The molecular formula is C15H16N4O2S3. The van der Waals surface area contributed by atoms with Gasteiger partial charge in [-0.15, -0.1) is 21.5 Å². The standard InChI is InChI=1S/C15H16N4O2S3/c1-16-14-18-19-15(24-14)23-8-9-7-22-13(17-9)10-5-4-6-11(20-2)12(10)21-3/h4-7H,8H2,1-3H3,(H,16,18). The van der Waals surface area contributed by atoms with E-state index in [1.807, 2.05) is 25.2 Å². The van der Waals surface area contributed by atoms with Crippen molar-refractivity contribution in [3.05, 3.63) is 29.3 Å². The van der Waals surface area contributed by atoms with Gasteiger partial charge < -0.3 is 14.8 Å². The second-order valence-corrected chi connectivity index (χ2v) is 7.65. The molecule has 9 heteroatoms. The van der Waals surface area contributed by atoms with E-state index in [9.17, 15) is 0 Å². The van der Waals surface area contributed by atoms with Crippen molar-refractivity contribution in [2.24, 2.45) is 0 Å². The first kappa shape index (κ1) is 17.0. The van der Waals surface area contributed by atoms with Gasteiger partial charge in [0.2, 0.25) is 5.13 Å². The molecule has 0 spiro atoms. The summed E-state index contributed by atoms with van der Waals surface area (Å²) in [6.07, 6.45) is 0. The molecule has 0 atom stereocenters. The fourth-order valence-corrected chi connectivity index (χ4v) is 4.60. The zero-order valence-electron chi connectivity index (χ0n) is 13.4. The van der Waals surface area contributed by atoms with Gasteiger partial charge in [-0.1, -0.05) is 29.2 Å². The van der Waals surface area contributed by atoms with E-state index in [2.05, 4.69) is 20.9 Å². The quantitative estimate of drug-likeness (QED) is 0.621. The zero-order chi connectivity index (χ0) is 16.9. The number of anilines is 1. The minimum Gasteiger partial charge on any atom is -0.493 e. The fourth-order valence-electron chi connectivity index (χ4n) is 2.06. The number of benzene rings is 1. The predicted octanol–water partition coefficient (Wildman–Crippen LogP) is 4.01. The molecule has 0 aliphatic rings. The molecule has 0 saturated heterocycles. The SMILES string of the molecule is CNc1nnc(SCc2csc(-c3cccc(OC)c3OC)n2)s1. The minimum absolute atomic E-state index is 0.703. The lowest BCUT2D eigenvalue weighted by molar-refractivity contribution is 0.356. The van der Waals surface area contributed by atoms with E-state index < -0.39 is 0 Å². The Morgan fingerprint density at radius 1 is 1.21 bits per heavy atom. The van der Waals surface area contributed by atoms with Crippen LogP contribution in [0.1, 0.15) is 5.69 Å². The maximum atomic E-state index is 5.49. The Morgan fingerprint density at radius 3 is 2.79 bits per heavy atom. The Hall–Kier alpha value is -1.84. The summed E-state index contributed by atoms with van der Waals surface area (Å²) in [5.74, 6) is 2.16. The maximum Gasteiger partial charge on any atom is 0.206 e. The van der Waals surface area contributed by atoms with Crippen LogP contribution in [0, 0.1) is 0 Å². The molecular weight excluding hydrogens is 364 g/mol. The van der Waals surface area contributed by atoms with E-state index in [4.69, 9.17) is 14.5 Å². The first-order valence-electron chi connectivity index (χ1n) is 7.05. The smallest absolute Gasteiger partial charge is 0.206 e. The lowest BCUT2D eigenvalue weighted by atomic mass is 10.2. The van der Waals surface area contributed by atoms with Gasteiger partial charge in [0.25, 0.3) is 0 Å². The molecule has 0 radical (unpaired) electrons. The van der Waals surface area contributed by atoms with E-state index in [-0.39, 0.29) is 0 Å². The lowest BCUT2D eigenvalue weighted by Crippen LogP contribution is -1.93. The van der Waals surface area contributed by atoms with Gasteiger partial charge >= 0.3 is 0 Å². The molecule has 2 heterocycles. The molecule has 3 aromatic rings. The van der Waals surface area contributed by atoms with Crippen molar-refractivity contribution in [1.29, 1.82) is 0 Å². The van der Waals surface area contributed by atoms with Crippen molar-refractivity contribution >= 4 is 39.6 Å². The third-order valence-electron chi connectivity index (χ3n) is 3.15. The molecule has 0 bridgehead atoms. The number of nitrogens with zero attached hydrogens (tertiary/aromatic N) is 3. The van der Waals surface area contributed by atoms with Gasteiger partial charge in [-0.2, -0.15) is 0 Å². The van der Waals surface area contributed by atoms with Gasteiger partial charge in [0, 0.05) is 18.2 Å². The largest absolute Gasteiger partial charge is 0.493 e. The highest BCUT2D eigenvalue weighted by atomic mass is 32.2. The van der Waals surface area contributed by atoms with E-state index in [1.165, 1.54) is 11.3 Å². The topological polar surface area (TPSA) is 69.2 Å². The number of methoxy groups -OCH3 is 2. The third-order valence-corrected chi connectivity index (χ3v) is 6.18. The summed E-state index contributed by atoms with van der Waals surface area (Å²) in [5, 5.41) is 14.9. The summed E-state index contributed by atoms with van der Waals surface area (Å²) in [4.78, 5) is 4.71. The van der Waals surface area contributed by atoms with Crippen LogP contribution in [-0.2, 0) is 5.75 Å². The van der Waals surface area contributed by atoms with Crippen LogP contribution in [0.5, 0.6) is 11.5 Å². The van der Waals surface area contributed by atoms with Crippen LogP contribution in [0.3, 0.4) is 0 Å². The highest BCUT2D eigenvalue weighted by Gasteiger charge is 2.15. The molecule has 0 saturated carbocycles. The maximum absolute atomic E-state index is 5.49. The van der Waals surface area contributed by atoms with Crippen LogP contribution in [0.2, 0.25) is 0 Å². The summed E-state index contributed by atoms with van der Waals surface area (Å²) in [7, 11) is 5.11. The molecule has 0 amide bonds. The minimum atomic E-state index is 0.703. The monoisotopic (exact) mass is 380 g/mol. The van der Waals surface area contributed by atoms with E-state index in [0.717, 1.165) is 31.5 Å². The Morgan fingerprint density at radius 2 is 2.08 bits per heavy atom. The van der Waals surface area contributed by atoms with Gasteiger partial charge in [0.05, 0.1) is 25.5 Å². The summed E-state index contributed by atoms with van der Waals surface area (Å²) >= 11 is 4.76. The van der Waals surface area contributed by atoms with Crippen molar-refractivity contribution in [2.75, 3.05) is 26.6 Å². The van der Waals surface area contributed by atoms with Crippen LogP contribution in [0.15, 0.2) is 27.9 Å². The number of thioether (sulfide) groups is 1. The molecule has 1 N–H and O–H groups in total. The molecule has 0 fully saturated rings. The van der Waals surface area contributed by atoms with Crippen LogP contribution in [0.25, 0.3) is 10.6 Å². The van der Waals surface area contributed by atoms with Crippen molar-refractivity contribution < 1.29 is 9.47 Å². The summed E-state index contributed by atoms with van der Waals surface area (Å²) in [6, 6.07) is 5.80. The Bertz CT molecular complexity index is 819. The normalized spacial score (nSPS) is 10.6. The molecule has 126 valence electrons. The number of aromatic nitrogens is 3. The molecule has 2 aromatic heterocycles. The highest BCUT2D eigenvalue weighted by Crippen LogP contribution is 2.39. The zero-order valence-corrected chi connectivity index (χ0v) is 15.8. The number of hydrogen-bond donors (Lipinski definition) is 1. The van der Waals surface area contributed by atoms with Gasteiger partial charge in [-0.05, 0) is 12.1 Å². The van der Waals surface area contributed by atoms with Gasteiger partial charge in [0.15, 0.2) is 15.8 Å². The second kappa shape index (κ2) is 7.82. The lowest BCUT2D eigenvalue weighted by Gasteiger charge is -2.10. The number of rotatable bonds is 7. The number of thiazole rings is 1. The summed E-state index contributed by atoms with van der Waals surface area (Å²) in [5.41, 5.74) is 1.94. The first-order valence-corrected chi connectivity index (χ1v) is 9.73. The Labute approximate surface area is 152 Å². The van der Waals surface area contributed by atoms with Gasteiger partial charge in [-0.3, -0.25) is 0 Å². The molecule has 0 aliphatic heterocycles. The van der Waals surface area contributed by atoms with Gasteiger partial charge in [-0.25, -0.2) is 4.98 Å². The molecule has 0 unspecified atom stereocenters. The van der Waals surface area contributed by atoms with Crippen LogP contribution in [0.4, 0.5) is 5.13 Å². The average Bonchev–Trinajstić information content (AvgIpc) is 3.28. The summed E-state index contributed by atoms with van der Waals surface area (Å²) < 4.78 is 11.8. The molecule has 3 rings (SSSR count). The van der Waals surface area contributed by atoms with Crippen LogP contribution < -0.4 is 14.8 Å². The molecule has 6 nitrogen and oxygen atoms in total. The predicted molar refractivity (Wildman–Crippen MR) is 99.7 cm³/mol. The van der Waals surface area contributed by atoms with Crippen molar-refractivity contribution in [2.45, 2.75) is 10.1 Å². The first-order chi connectivity index (χ1) is 11.7. The fraction of sp³-hybridized carbons (Fsp3) is 0.267. The average molecular weight is 381 g/mol. The number of para-hydroxylation sites is 1. The van der Waals surface area contributed by atoms with E-state index in [1.54, 1.807) is 37.3 Å². The summed E-state index contributed by atoms with van der Waals surface area (Å²) in [6.45, 7) is 0. The second-order valence-electron chi connectivity index (χ2n) is 4.60. The molecule has 24 heavy (non-hydrogen) atoms. The van der Waals surface area contributed by atoms with Crippen molar-refractivity contribution in [1.82, 2.24) is 15.2 Å². The van der Waals surface area contributed by atoms with Crippen molar-refractivity contribution in [3.63, 3.8) is 0 Å². The van der Waals surface area contributed by atoms with Crippen LogP contribution >= 0.6 is 34.4 Å². The Kier molecular flexibility index (Phi) is 5.54. The number of nitrogens with one attached hydrogen (secondary N) is 1. The van der Waals surface area contributed by atoms with E-state index >= 15 is 0 Å². The molecule has 0 aliphatic carbocycles. The number of hydrogen-bond acceptors (Lipinski definition) is 9. The van der Waals surface area contributed by atoms with Crippen LogP contribution in [-0.4, -0.2) is 36.4 Å². The third kappa shape index (κ3) is 3.63.